The van der Waals surface area contributed by atoms with Crippen molar-refractivity contribution in [3.05, 3.63) is 47.8 Å². The van der Waals surface area contributed by atoms with Gasteiger partial charge in [-0.15, -0.1) is 0 Å². The number of benzene rings is 1. The summed E-state index contributed by atoms with van der Waals surface area (Å²) in [6, 6.07) is 8.94. The van der Waals surface area contributed by atoms with Crippen LogP contribution in [-0.2, 0) is 12.8 Å². The first-order valence-corrected chi connectivity index (χ1v) is 16.2. The Morgan fingerprint density at radius 1 is 0.405 bits per heavy atom. The van der Waals surface area contributed by atoms with E-state index in [1.165, 1.54) is 152 Å². The molecule has 0 N–H and O–H groups in total. The summed E-state index contributed by atoms with van der Waals surface area (Å²) in [5, 5.41) is 0. The van der Waals surface area contributed by atoms with Crippen LogP contribution >= 0.6 is 0 Å². The molecule has 37 heavy (non-hydrogen) atoms. The quantitative estimate of drug-likeness (QED) is 0.132. The van der Waals surface area contributed by atoms with Crippen LogP contribution in [0.5, 0.6) is 0 Å². The smallest absolute Gasteiger partial charge is 0.159 e. The van der Waals surface area contributed by atoms with Gasteiger partial charge in [0.05, 0.1) is 0 Å². The van der Waals surface area contributed by atoms with E-state index in [1.807, 2.05) is 12.4 Å². The van der Waals surface area contributed by atoms with Crippen LogP contribution in [0.2, 0.25) is 0 Å². The summed E-state index contributed by atoms with van der Waals surface area (Å²) in [5.74, 6) is 0.855. The van der Waals surface area contributed by atoms with Gasteiger partial charge in [0.15, 0.2) is 5.82 Å². The third-order valence-corrected chi connectivity index (χ3v) is 7.81. The van der Waals surface area contributed by atoms with Gasteiger partial charge >= 0.3 is 0 Å². The highest BCUT2D eigenvalue weighted by atomic mass is 14.9. The molecule has 2 aromatic rings. The Kier molecular flexibility index (Phi) is 19.0. The van der Waals surface area contributed by atoms with E-state index in [4.69, 9.17) is 0 Å². The zero-order valence-corrected chi connectivity index (χ0v) is 24.6. The molecular weight excluding hydrogens is 448 g/mol. The summed E-state index contributed by atoms with van der Waals surface area (Å²) in [4.78, 5) is 9.33. The average Bonchev–Trinajstić information content (AvgIpc) is 2.93. The first kappa shape index (κ1) is 31.5. The molecule has 2 rings (SSSR count). The van der Waals surface area contributed by atoms with Crippen LogP contribution in [0.15, 0.2) is 36.7 Å². The maximum atomic E-state index is 4.66. The van der Waals surface area contributed by atoms with Crippen molar-refractivity contribution in [3.8, 4) is 11.4 Å². The Morgan fingerprint density at radius 2 is 0.757 bits per heavy atom. The minimum atomic E-state index is 0.855. The van der Waals surface area contributed by atoms with Crippen molar-refractivity contribution in [1.82, 2.24) is 9.97 Å². The standard InChI is InChI=1S/C35H58N2/c1-3-5-7-9-11-13-15-17-18-20-22-24-32-26-28-34(29-27-32)35-36-30-33(31-37-35)25-23-21-19-16-14-12-10-8-6-4-2/h26-31H,3-25H2,1-2H3. The molecule has 1 heterocycles. The van der Waals surface area contributed by atoms with Gasteiger partial charge in [-0.1, -0.05) is 160 Å². The lowest BCUT2D eigenvalue weighted by molar-refractivity contribution is 0.549. The SMILES string of the molecule is CCCCCCCCCCCCCc1ccc(-c2ncc(CCCCCCCCCCCC)cn2)cc1. The number of aryl methyl sites for hydroxylation is 2. The Morgan fingerprint density at radius 3 is 1.16 bits per heavy atom. The van der Waals surface area contributed by atoms with Crippen molar-refractivity contribution >= 4 is 0 Å². The number of aromatic nitrogens is 2. The Labute approximate surface area is 230 Å². The Balaban J connectivity index is 1.52. The van der Waals surface area contributed by atoms with Crippen LogP contribution < -0.4 is 0 Å². The van der Waals surface area contributed by atoms with Gasteiger partial charge in [-0.2, -0.15) is 0 Å². The van der Waals surface area contributed by atoms with Crippen LogP contribution in [0.1, 0.15) is 160 Å². The molecule has 0 amide bonds. The number of nitrogens with zero attached hydrogens (tertiary/aromatic N) is 2. The van der Waals surface area contributed by atoms with Crippen molar-refractivity contribution in [2.24, 2.45) is 0 Å². The van der Waals surface area contributed by atoms with Gasteiger partial charge in [-0.05, 0) is 36.8 Å². The summed E-state index contributed by atoms with van der Waals surface area (Å²) in [6.07, 6.45) is 35.6. The molecule has 0 spiro atoms. The number of unbranched alkanes of at least 4 members (excludes halogenated alkanes) is 19. The molecule has 0 bridgehead atoms. The zero-order valence-electron chi connectivity index (χ0n) is 24.6. The van der Waals surface area contributed by atoms with Crippen LogP contribution in [0.4, 0.5) is 0 Å². The minimum Gasteiger partial charge on any atom is -0.236 e. The van der Waals surface area contributed by atoms with E-state index in [0.29, 0.717) is 0 Å². The van der Waals surface area contributed by atoms with E-state index in [2.05, 4.69) is 48.1 Å². The molecule has 1 aromatic heterocycles. The molecule has 0 aliphatic carbocycles. The predicted octanol–water partition coefficient (Wildman–Crippen LogP) is 11.5. The molecule has 0 unspecified atom stereocenters. The maximum absolute atomic E-state index is 4.66. The topological polar surface area (TPSA) is 25.8 Å². The summed E-state index contributed by atoms with van der Waals surface area (Å²) in [5.41, 5.74) is 3.85. The van der Waals surface area contributed by atoms with Gasteiger partial charge < -0.3 is 0 Å². The number of rotatable bonds is 24. The second-order valence-electron chi connectivity index (χ2n) is 11.3. The van der Waals surface area contributed by atoms with Gasteiger partial charge in [0.1, 0.15) is 0 Å². The second-order valence-corrected chi connectivity index (χ2v) is 11.3. The summed E-state index contributed by atoms with van der Waals surface area (Å²) >= 11 is 0. The molecule has 0 saturated carbocycles. The predicted molar refractivity (Wildman–Crippen MR) is 163 cm³/mol. The number of hydrogen-bond donors (Lipinski definition) is 0. The fourth-order valence-electron chi connectivity index (χ4n) is 5.26. The molecule has 0 aliphatic rings. The molecule has 0 atom stereocenters. The average molecular weight is 507 g/mol. The molecule has 208 valence electrons. The summed E-state index contributed by atoms with van der Waals surface area (Å²) < 4.78 is 0. The minimum absolute atomic E-state index is 0.855. The van der Waals surface area contributed by atoms with E-state index >= 15 is 0 Å². The third-order valence-electron chi connectivity index (χ3n) is 7.81. The molecule has 2 heteroatoms. The zero-order chi connectivity index (χ0) is 26.2. The molecule has 0 saturated heterocycles. The van der Waals surface area contributed by atoms with Gasteiger partial charge in [-0.3, -0.25) is 0 Å². The first-order valence-electron chi connectivity index (χ1n) is 16.2. The lowest BCUT2D eigenvalue weighted by Crippen LogP contribution is -1.94. The van der Waals surface area contributed by atoms with Crippen molar-refractivity contribution in [2.75, 3.05) is 0 Å². The first-order chi connectivity index (χ1) is 18.3. The highest BCUT2D eigenvalue weighted by Crippen LogP contribution is 2.18. The van der Waals surface area contributed by atoms with Crippen molar-refractivity contribution in [1.29, 1.82) is 0 Å². The molecule has 2 nitrogen and oxygen atoms in total. The van der Waals surface area contributed by atoms with Crippen LogP contribution in [-0.4, -0.2) is 9.97 Å². The largest absolute Gasteiger partial charge is 0.236 e. The van der Waals surface area contributed by atoms with Gasteiger partial charge in [0, 0.05) is 18.0 Å². The van der Waals surface area contributed by atoms with Crippen molar-refractivity contribution < 1.29 is 0 Å². The van der Waals surface area contributed by atoms with E-state index in [-0.39, 0.29) is 0 Å². The van der Waals surface area contributed by atoms with Crippen LogP contribution in [0.3, 0.4) is 0 Å². The molecule has 0 fully saturated rings. The highest BCUT2D eigenvalue weighted by Gasteiger charge is 2.03. The number of hydrogen-bond acceptors (Lipinski definition) is 2. The molecule has 0 aliphatic heterocycles. The van der Waals surface area contributed by atoms with Gasteiger partial charge in [0.25, 0.3) is 0 Å². The van der Waals surface area contributed by atoms with E-state index in [0.717, 1.165) is 17.8 Å². The second kappa shape index (κ2) is 22.3. The fraction of sp³-hybridized carbons (Fsp3) is 0.714. The highest BCUT2D eigenvalue weighted by molar-refractivity contribution is 5.55. The monoisotopic (exact) mass is 506 g/mol. The lowest BCUT2D eigenvalue weighted by atomic mass is 10.0. The summed E-state index contributed by atoms with van der Waals surface area (Å²) in [6.45, 7) is 4.58. The normalized spacial score (nSPS) is 11.3. The maximum Gasteiger partial charge on any atom is 0.159 e. The Hall–Kier alpha value is -1.70. The van der Waals surface area contributed by atoms with Crippen molar-refractivity contribution in [2.45, 2.75) is 162 Å². The fourth-order valence-corrected chi connectivity index (χ4v) is 5.26. The van der Waals surface area contributed by atoms with E-state index in [1.54, 1.807) is 0 Å². The third kappa shape index (κ3) is 16.0. The Bertz CT molecular complexity index is 750. The molecular formula is C35H58N2. The lowest BCUT2D eigenvalue weighted by Gasteiger charge is -2.06. The van der Waals surface area contributed by atoms with E-state index < -0.39 is 0 Å². The summed E-state index contributed by atoms with van der Waals surface area (Å²) in [7, 11) is 0. The van der Waals surface area contributed by atoms with Crippen molar-refractivity contribution in [3.63, 3.8) is 0 Å². The van der Waals surface area contributed by atoms with Gasteiger partial charge in [0.2, 0.25) is 0 Å². The van der Waals surface area contributed by atoms with Crippen LogP contribution in [0.25, 0.3) is 11.4 Å². The molecule has 0 radical (unpaired) electrons. The molecule has 1 aromatic carbocycles. The van der Waals surface area contributed by atoms with E-state index in [9.17, 15) is 0 Å². The van der Waals surface area contributed by atoms with Crippen LogP contribution in [0, 0.1) is 0 Å². The van der Waals surface area contributed by atoms with Gasteiger partial charge in [-0.25, -0.2) is 9.97 Å².